The van der Waals surface area contributed by atoms with Gasteiger partial charge in [0.1, 0.15) is 0 Å². The number of benzene rings is 1. The van der Waals surface area contributed by atoms with Gasteiger partial charge in [-0.2, -0.15) is 0 Å². The van der Waals surface area contributed by atoms with E-state index in [0.717, 1.165) is 24.2 Å². The third kappa shape index (κ3) is 3.48. The van der Waals surface area contributed by atoms with E-state index in [9.17, 15) is 4.79 Å². The molecule has 1 atom stereocenters. The molecule has 130 valence electrons. The minimum absolute atomic E-state index is 0.216. The summed E-state index contributed by atoms with van der Waals surface area (Å²) in [6, 6.07) is 8.89. The number of likely N-dealkylation sites (N-methyl/N-ethyl adjacent to an activating group) is 1. The summed E-state index contributed by atoms with van der Waals surface area (Å²) in [7, 11) is 1.91. The summed E-state index contributed by atoms with van der Waals surface area (Å²) in [5, 5.41) is 1.25. The van der Waals surface area contributed by atoms with Crippen molar-refractivity contribution in [2.75, 3.05) is 20.1 Å². The molecule has 1 saturated heterocycles. The Kier molecular flexibility index (Phi) is 5.24. The van der Waals surface area contributed by atoms with Crippen LogP contribution in [-0.4, -0.2) is 46.9 Å². The third-order valence-corrected chi connectivity index (χ3v) is 5.45. The topological polar surface area (TPSA) is 39.3 Å². The minimum atomic E-state index is 0.216. The average molecular weight is 327 g/mol. The number of carbonyl (C=O) groups excluding carboxylic acids is 1. The number of likely N-dealkylation sites (tertiary alicyclic amines) is 1. The summed E-state index contributed by atoms with van der Waals surface area (Å²) in [5.74, 6) is 0.216. The maximum Gasteiger partial charge on any atom is 0.236 e. The number of piperidine rings is 1. The van der Waals surface area contributed by atoms with Crippen molar-refractivity contribution in [2.24, 2.45) is 0 Å². The number of hydrogen-bond acceptors (Lipinski definition) is 2. The van der Waals surface area contributed by atoms with Crippen LogP contribution >= 0.6 is 0 Å². The standard InChI is InChI=1S/C20H29N3O/c1-4-16-9-7-8-12-23(16)14-20(24)22(3)13-19-15(2)17-10-5-6-11-18(17)21-19/h5-6,10-11,16,21H,4,7-9,12-14H2,1-3H3/t16-/m0/s1. The molecule has 24 heavy (non-hydrogen) atoms. The molecular formula is C20H29N3O. The van der Waals surface area contributed by atoms with Crippen LogP contribution < -0.4 is 0 Å². The summed E-state index contributed by atoms with van der Waals surface area (Å²) in [6.45, 7) is 6.61. The molecule has 1 N–H and O–H groups in total. The molecule has 1 aliphatic heterocycles. The van der Waals surface area contributed by atoms with Gasteiger partial charge in [0.15, 0.2) is 0 Å². The molecular weight excluding hydrogens is 298 g/mol. The highest BCUT2D eigenvalue weighted by Crippen LogP contribution is 2.23. The molecule has 0 spiro atoms. The van der Waals surface area contributed by atoms with Gasteiger partial charge in [-0.25, -0.2) is 0 Å². The Labute approximate surface area is 144 Å². The molecule has 0 saturated carbocycles. The summed E-state index contributed by atoms with van der Waals surface area (Å²) >= 11 is 0. The molecule has 0 bridgehead atoms. The minimum Gasteiger partial charge on any atom is -0.357 e. The smallest absolute Gasteiger partial charge is 0.236 e. The van der Waals surface area contributed by atoms with Crippen molar-refractivity contribution in [3.63, 3.8) is 0 Å². The Hall–Kier alpha value is -1.81. The molecule has 1 aliphatic rings. The molecule has 1 amide bonds. The number of hydrogen-bond donors (Lipinski definition) is 1. The monoisotopic (exact) mass is 327 g/mol. The molecule has 1 aromatic carbocycles. The van der Waals surface area contributed by atoms with Gasteiger partial charge in [0.05, 0.1) is 13.1 Å². The highest BCUT2D eigenvalue weighted by molar-refractivity contribution is 5.84. The van der Waals surface area contributed by atoms with Crippen molar-refractivity contribution in [1.29, 1.82) is 0 Å². The second kappa shape index (κ2) is 7.39. The second-order valence-electron chi connectivity index (χ2n) is 7.05. The number of amides is 1. The molecule has 1 aromatic heterocycles. The van der Waals surface area contributed by atoms with E-state index >= 15 is 0 Å². The number of fused-ring (bicyclic) bond motifs is 1. The van der Waals surface area contributed by atoms with Crippen molar-refractivity contribution in [1.82, 2.24) is 14.8 Å². The Balaban J connectivity index is 1.66. The maximum absolute atomic E-state index is 12.7. The van der Waals surface area contributed by atoms with E-state index in [4.69, 9.17) is 0 Å². The Morgan fingerprint density at radius 2 is 2.12 bits per heavy atom. The van der Waals surface area contributed by atoms with Crippen LogP contribution in [0.25, 0.3) is 10.9 Å². The van der Waals surface area contributed by atoms with Gasteiger partial charge in [-0.05, 0) is 44.4 Å². The lowest BCUT2D eigenvalue weighted by molar-refractivity contribution is -0.132. The van der Waals surface area contributed by atoms with E-state index in [1.807, 2.05) is 18.0 Å². The van der Waals surface area contributed by atoms with E-state index in [0.29, 0.717) is 19.1 Å². The van der Waals surface area contributed by atoms with E-state index < -0.39 is 0 Å². The van der Waals surface area contributed by atoms with Gasteiger partial charge < -0.3 is 9.88 Å². The van der Waals surface area contributed by atoms with Gasteiger partial charge >= 0.3 is 0 Å². The van der Waals surface area contributed by atoms with Crippen LogP contribution in [0.15, 0.2) is 24.3 Å². The van der Waals surface area contributed by atoms with Gasteiger partial charge in [-0.1, -0.05) is 31.5 Å². The number of para-hydroxylation sites is 1. The van der Waals surface area contributed by atoms with Crippen molar-refractivity contribution >= 4 is 16.8 Å². The lowest BCUT2D eigenvalue weighted by Gasteiger charge is -2.35. The summed E-state index contributed by atoms with van der Waals surface area (Å²) in [6.07, 6.45) is 4.88. The lowest BCUT2D eigenvalue weighted by atomic mass is 10.00. The average Bonchev–Trinajstić information content (AvgIpc) is 2.91. The predicted molar refractivity (Wildman–Crippen MR) is 99.0 cm³/mol. The van der Waals surface area contributed by atoms with E-state index in [2.05, 4.69) is 41.9 Å². The molecule has 4 heteroatoms. The largest absolute Gasteiger partial charge is 0.357 e. The SMILES string of the molecule is CC[C@H]1CCCCN1CC(=O)N(C)Cc1[nH]c2ccccc2c1C. The fraction of sp³-hybridized carbons (Fsp3) is 0.550. The highest BCUT2D eigenvalue weighted by Gasteiger charge is 2.24. The molecule has 0 aliphatic carbocycles. The number of nitrogens with zero attached hydrogens (tertiary/aromatic N) is 2. The number of H-pyrrole nitrogens is 1. The maximum atomic E-state index is 12.7. The van der Waals surface area contributed by atoms with Gasteiger partial charge in [-0.3, -0.25) is 9.69 Å². The second-order valence-corrected chi connectivity index (χ2v) is 7.05. The molecule has 2 heterocycles. The molecule has 0 unspecified atom stereocenters. The van der Waals surface area contributed by atoms with Crippen LogP contribution in [0.2, 0.25) is 0 Å². The van der Waals surface area contributed by atoms with Crippen LogP contribution in [0.3, 0.4) is 0 Å². The first kappa shape index (κ1) is 17.0. The van der Waals surface area contributed by atoms with Crippen LogP contribution in [0.4, 0.5) is 0 Å². The van der Waals surface area contributed by atoms with Crippen molar-refractivity contribution in [3.05, 3.63) is 35.5 Å². The fourth-order valence-corrected chi connectivity index (χ4v) is 3.85. The number of nitrogens with one attached hydrogen (secondary N) is 1. The van der Waals surface area contributed by atoms with Crippen molar-refractivity contribution in [3.8, 4) is 0 Å². The van der Waals surface area contributed by atoms with Crippen molar-refractivity contribution in [2.45, 2.75) is 52.1 Å². The lowest BCUT2D eigenvalue weighted by Crippen LogP contribution is -2.45. The number of carbonyl (C=O) groups is 1. The summed E-state index contributed by atoms with van der Waals surface area (Å²) in [4.78, 5) is 20.4. The normalized spacial score (nSPS) is 18.9. The zero-order valence-electron chi connectivity index (χ0n) is 15.1. The Morgan fingerprint density at radius 3 is 2.88 bits per heavy atom. The van der Waals surface area contributed by atoms with E-state index in [1.165, 1.54) is 30.2 Å². The summed E-state index contributed by atoms with van der Waals surface area (Å²) in [5.41, 5.74) is 3.53. The van der Waals surface area contributed by atoms with E-state index in [1.54, 1.807) is 0 Å². The van der Waals surface area contributed by atoms with Crippen LogP contribution in [0.5, 0.6) is 0 Å². The van der Waals surface area contributed by atoms with Crippen LogP contribution in [0, 0.1) is 6.92 Å². The molecule has 4 nitrogen and oxygen atoms in total. The summed E-state index contributed by atoms with van der Waals surface area (Å²) < 4.78 is 0. The van der Waals surface area contributed by atoms with Gasteiger partial charge in [0.25, 0.3) is 0 Å². The predicted octanol–water partition coefficient (Wildman–Crippen LogP) is 3.70. The molecule has 0 radical (unpaired) electrons. The molecule has 3 rings (SSSR count). The molecule has 1 fully saturated rings. The Bertz CT molecular complexity index is 706. The fourth-order valence-electron chi connectivity index (χ4n) is 3.85. The van der Waals surface area contributed by atoms with Crippen LogP contribution in [0.1, 0.15) is 43.9 Å². The number of aromatic nitrogens is 1. The quantitative estimate of drug-likeness (QED) is 0.909. The first-order chi connectivity index (χ1) is 11.6. The highest BCUT2D eigenvalue weighted by atomic mass is 16.2. The van der Waals surface area contributed by atoms with E-state index in [-0.39, 0.29) is 5.91 Å². The van der Waals surface area contributed by atoms with Gasteiger partial charge in [0, 0.05) is 29.7 Å². The molecule has 2 aromatic rings. The zero-order chi connectivity index (χ0) is 17.1. The van der Waals surface area contributed by atoms with Crippen molar-refractivity contribution < 1.29 is 4.79 Å². The first-order valence-corrected chi connectivity index (χ1v) is 9.14. The Morgan fingerprint density at radius 1 is 1.33 bits per heavy atom. The van der Waals surface area contributed by atoms with Gasteiger partial charge in [-0.15, -0.1) is 0 Å². The number of rotatable bonds is 5. The number of aryl methyl sites for hydroxylation is 1. The third-order valence-electron chi connectivity index (χ3n) is 5.45. The first-order valence-electron chi connectivity index (χ1n) is 9.14. The van der Waals surface area contributed by atoms with Crippen LogP contribution in [-0.2, 0) is 11.3 Å². The van der Waals surface area contributed by atoms with Gasteiger partial charge in [0.2, 0.25) is 5.91 Å². The number of aromatic amines is 1. The zero-order valence-corrected chi connectivity index (χ0v) is 15.1.